The zero-order chi connectivity index (χ0) is 14.6. The molecule has 4 heteroatoms. The molecule has 0 aliphatic carbocycles. The van der Waals surface area contributed by atoms with Crippen molar-refractivity contribution in [2.24, 2.45) is 0 Å². The maximum absolute atomic E-state index is 14.0. The molecule has 2 aromatic rings. The van der Waals surface area contributed by atoms with Crippen LogP contribution in [0.1, 0.15) is 11.1 Å². The molecule has 2 aromatic carbocycles. The summed E-state index contributed by atoms with van der Waals surface area (Å²) >= 11 is 0. The van der Waals surface area contributed by atoms with Gasteiger partial charge in [0.2, 0.25) is 0 Å². The van der Waals surface area contributed by atoms with E-state index in [9.17, 15) is 19.7 Å². The molecule has 0 aromatic heterocycles. The Morgan fingerprint density at radius 3 is 2.05 bits per heavy atom. The number of phenols is 1. The molecule has 3 N–H and O–H groups in total. The lowest BCUT2D eigenvalue weighted by Gasteiger charge is -2.31. The second-order valence-corrected chi connectivity index (χ2v) is 4.92. The number of phenolic OH excluding ortho intramolecular Hbond substituents is 1. The molecule has 0 fully saturated rings. The Morgan fingerprint density at radius 1 is 0.900 bits per heavy atom. The van der Waals surface area contributed by atoms with Gasteiger partial charge in [0.1, 0.15) is 11.6 Å². The van der Waals surface area contributed by atoms with E-state index in [1.807, 2.05) is 0 Å². The SMILES string of the molecule is OCC(CO)(Cc1ccc(O)cc1)c1ccccc1F. The molecule has 0 spiro atoms. The molecule has 20 heavy (non-hydrogen) atoms. The van der Waals surface area contributed by atoms with Crippen molar-refractivity contribution in [3.63, 3.8) is 0 Å². The van der Waals surface area contributed by atoms with E-state index in [1.165, 1.54) is 18.2 Å². The second kappa shape index (κ2) is 6.03. The van der Waals surface area contributed by atoms with E-state index in [-0.39, 0.29) is 30.9 Å². The summed E-state index contributed by atoms with van der Waals surface area (Å²) in [4.78, 5) is 0. The van der Waals surface area contributed by atoms with E-state index in [2.05, 4.69) is 0 Å². The van der Waals surface area contributed by atoms with Crippen LogP contribution in [0.5, 0.6) is 5.75 Å². The Bertz CT molecular complexity index is 562. The monoisotopic (exact) mass is 276 g/mol. The van der Waals surface area contributed by atoms with E-state index in [1.54, 1.807) is 30.3 Å². The minimum Gasteiger partial charge on any atom is -0.508 e. The Balaban J connectivity index is 2.39. The van der Waals surface area contributed by atoms with Crippen molar-refractivity contribution in [2.45, 2.75) is 11.8 Å². The zero-order valence-electron chi connectivity index (χ0n) is 11.0. The van der Waals surface area contributed by atoms with Gasteiger partial charge in [-0.2, -0.15) is 0 Å². The van der Waals surface area contributed by atoms with Gasteiger partial charge in [-0.3, -0.25) is 0 Å². The van der Waals surface area contributed by atoms with E-state index in [4.69, 9.17) is 0 Å². The molecular weight excluding hydrogens is 259 g/mol. The molecule has 0 aliphatic rings. The van der Waals surface area contributed by atoms with Crippen LogP contribution in [0.2, 0.25) is 0 Å². The molecule has 0 saturated carbocycles. The number of aromatic hydroxyl groups is 1. The van der Waals surface area contributed by atoms with Crippen LogP contribution < -0.4 is 0 Å². The highest BCUT2D eigenvalue weighted by Gasteiger charge is 2.33. The fraction of sp³-hybridized carbons (Fsp3) is 0.250. The first kappa shape index (κ1) is 14.5. The molecule has 0 saturated heterocycles. The fourth-order valence-corrected chi connectivity index (χ4v) is 2.32. The van der Waals surface area contributed by atoms with Gasteiger partial charge in [-0.15, -0.1) is 0 Å². The van der Waals surface area contributed by atoms with Crippen LogP contribution in [-0.4, -0.2) is 28.5 Å². The number of benzene rings is 2. The van der Waals surface area contributed by atoms with Gasteiger partial charge in [0.05, 0.1) is 13.2 Å². The maximum Gasteiger partial charge on any atom is 0.127 e. The summed E-state index contributed by atoms with van der Waals surface area (Å²) in [5, 5.41) is 28.7. The lowest BCUT2D eigenvalue weighted by Crippen LogP contribution is -2.38. The topological polar surface area (TPSA) is 60.7 Å². The number of aliphatic hydroxyl groups is 2. The van der Waals surface area contributed by atoms with Crippen LogP contribution in [-0.2, 0) is 11.8 Å². The summed E-state index contributed by atoms with van der Waals surface area (Å²) in [5.74, 6) is -0.312. The lowest BCUT2D eigenvalue weighted by atomic mass is 9.76. The Kier molecular flexibility index (Phi) is 4.37. The molecule has 0 radical (unpaired) electrons. The smallest absolute Gasteiger partial charge is 0.127 e. The van der Waals surface area contributed by atoms with Gasteiger partial charge in [0.15, 0.2) is 0 Å². The number of hydrogen-bond acceptors (Lipinski definition) is 3. The predicted molar refractivity (Wildman–Crippen MR) is 74.1 cm³/mol. The molecule has 0 atom stereocenters. The zero-order valence-corrected chi connectivity index (χ0v) is 11.0. The molecule has 0 bridgehead atoms. The molecule has 2 rings (SSSR count). The summed E-state index contributed by atoms with van der Waals surface area (Å²) < 4.78 is 14.0. The summed E-state index contributed by atoms with van der Waals surface area (Å²) in [5.41, 5.74) is 0.00899. The predicted octanol–water partition coefficient (Wildman–Crippen LogP) is 2.00. The van der Waals surface area contributed by atoms with E-state index < -0.39 is 11.2 Å². The maximum atomic E-state index is 14.0. The molecule has 0 unspecified atom stereocenters. The van der Waals surface area contributed by atoms with Gasteiger partial charge in [-0.1, -0.05) is 30.3 Å². The van der Waals surface area contributed by atoms with Gasteiger partial charge >= 0.3 is 0 Å². The van der Waals surface area contributed by atoms with Gasteiger partial charge in [0.25, 0.3) is 0 Å². The van der Waals surface area contributed by atoms with E-state index >= 15 is 0 Å². The number of aliphatic hydroxyl groups excluding tert-OH is 2. The van der Waals surface area contributed by atoms with Crippen molar-refractivity contribution in [3.8, 4) is 5.75 Å². The van der Waals surface area contributed by atoms with Gasteiger partial charge in [-0.05, 0) is 35.7 Å². The standard InChI is InChI=1S/C16H17FO3/c17-15-4-2-1-3-14(15)16(10-18,11-19)9-12-5-7-13(20)8-6-12/h1-8,18-20H,9-11H2. The highest BCUT2D eigenvalue weighted by atomic mass is 19.1. The van der Waals surface area contributed by atoms with Crippen molar-refractivity contribution in [2.75, 3.05) is 13.2 Å². The van der Waals surface area contributed by atoms with Crippen LogP contribution in [0.4, 0.5) is 4.39 Å². The van der Waals surface area contributed by atoms with Crippen LogP contribution >= 0.6 is 0 Å². The minimum absolute atomic E-state index is 0.137. The van der Waals surface area contributed by atoms with Crippen molar-refractivity contribution in [1.29, 1.82) is 0 Å². The summed E-state index contributed by atoms with van der Waals surface area (Å²) in [6.45, 7) is -0.739. The Morgan fingerprint density at radius 2 is 1.50 bits per heavy atom. The first-order valence-electron chi connectivity index (χ1n) is 6.36. The Hall–Kier alpha value is -1.91. The van der Waals surface area contributed by atoms with Gasteiger partial charge < -0.3 is 15.3 Å². The normalized spacial score (nSPS) is 11.6. The third-order valence-electron chi connectivity index (χ3n) is 3.53. The summed E-state index contributed by atoms with van der Waals surface area (Å²) in [7, 11) is 0. The van der Waals surface area contributed by atoms with Crippen LogP contribution in [0.25, 0.3) is 0 Å². The quantitative estimate of drug-likeness (QED) is 0.782. The molecule has 3 nitrogen and oxygen atoms in total. The first-order valence-corrected chi connectivity index (χ1v) is 6.36. The van der Waals surface area contributed by atoms with Crippen LogP contribution in [0.15, 0.2) is 48.5 Å². The summed E-state index contributed by atoms with van der Waals surface area (Å²) in [6.07, 6.45) is 0.279. The highest BCUT2D eigenvalue weighted by Crippen LogP contribution is 2.30. The highest BCUT2D eigenvalue weighted by molar-refractivity contribution is 5.33. The van der Waals surface area contributed by atoms with Crippen molar-refractivity contribution >= 4 is 0 Å². The molecule has 0 heterocycles. The molecule has 106 valence electrons. The van der Waals surface area contributed by atoms with Crippen LogP contribution in [0.3, 0.4) is 0 Å². The number of hydrogen-bond donors (Lipinski definition) is 3. The number of halogens is 1. The Labute approximate surface area is 116 Å². The van der Waals surface area contributed by atoms with E-state index in [0.717, 1.165) is 5.56 Å². The third-order valence-corrected chi connectivity index (χ3v) is 3.53. The molecule has 0 amide bonds. The average Bonchev–Trinajstić information content (AvgIpc) is 2.48. The van der Waals surface area contributed by atoms with Crippen molar-refractivity contribution < 1.29 is 19.7 Å². The minimum atomic E-state index is -1.08. The van der Waals surface area contributed by atoms with Gasteiger partial charge in [0, 0.05) is 5.41 Å². The largest absolute Gasteiger partial charge is 0.508 e. The molecular formula is C16H17FO3. The summed E-state index contributed by atoms with van der Waals surface area (Å²) in [6, 6.07) is 12.6. The van der Waals surface area contributed by atoms with Crippen LogP contribution in [0, 0.1) is 5.82 Å². The number of rotatable bonds is 5. The average molecular weight is 276 g/mol. The molecule has 0 aliphatic heterocycles. The lowest BCUT2D eigenvalue weighted by molar-refractivity contribution is 0.113. The van der Waals surface area contributed by atoms with Gasteiger partial charge in [-0.25, -0.2) is 4.39 Å². The third kappa shape index (κ3) is 2.81. The van der Waals surface area contributed by atoms with Crippen molar-refractivity contribution in [1.82, 2.24) is 0 Å². The van der Waals surface area contributed by atoms with Crippen molar-refractivity contribution in [3.05, 3.63) is 65.5 Å². The first-order chi connectivity index (χ1) is 9.61. The fourth-order valence-electron chi connectivity index (χ4n) is 2.32. The second-order valence-electron chi connectivity index (χ2n) is 4.92. The van der Waals surface area contributed by atoms with E-state index in [0.29, 0.717) is 0 Å².